The molecule has 0 saturated carbocycles. The fourth-order valence-corrected chi connectivity index (χ4v) is 8.93. The normalized spacial score (nSPS) is 11.5. The van der Waals surface area contributed by atoms with Gasteiger partial charge in [-0.1, -0.05) is 103 Å². The first-order valence-electron chi connectivity index (χ1n) is 15.3. The van der Waals surface area contributed by atoms with Crippen LogP contribution in [-0.2, 0) is 0 Å². The second-order valence-electron chi connectivity index (χ2n) is 11.6. The molecule has 3 heteroatoms. The van der Waals surface area contributed by atoms with Gasteiger partial charge in [0.05, 0.1) is 5.56 Å². The maximum Gasteiger partial charge on any atom is 0.100 e. The minimum absolute atomic E-state index is 0.691. The monoisotopic (exact) mass is 619 g/mol. The predicted molar refractivity (Wildman–Crippen MR) is 199 cm³/mol. The van der Waals surface area contributed by atoms with Crippen molar-refractivity contribution in [3.8, 4) is 50.6 Å². The van der Waals surface area contributed by atoms with Crippen LogP contribution in [0.15, 0.2) is 152 Å². The second kappa shape index (κ2) is 10.8. The molecule has 0 saturated heterocycles. The molecular formula is C43H25NS2. The minimum atomic E-state index is 0.691. The maximum absolute atomic E-state index is 10.5. The minimum Gasteiger partial charge on any atom is -0.192 e. The van der Waals surface area contributed by atoms with E-state index in [1.54, 1.807) is 0 Å². The highest BCUT2D eigenvalue weighted by atomic mass is 32.1. The Balaban J connectivity index is 1.28. The van der Waals surface area contributed by atoms with Gasteiger partial charge in [-0.15, -0.1) is 22.7 Å². The van der Waals surface area contributed by atoms with Crippen LogP contribution in [0.25, 0.3) is 84.9 Å². The van der Waals surface area contributed by atoms with Crippen LogP contribution in [0.2, 0.25) is 0 Å². The lowest BCUT2D eigenvalue weighted by Gasteiger charge is -2.14. The number of hydrogen-bond acceptors (Lipinski definition) is 3. The van der Waals surface area contributed by atoms with Gasteiger partial charge in [-0.05, 0) is 81.9 Å². The van der Waals surface area contributed by atoms with Crippen LogP contribution in [0.1, 0.15) is 5.56 Å². The smallest absolute Gasteiger partial charge is 0.100 e. The van der Waals surface area contributed by atoms with Gasteiger partial charge in [0, 0.05) is 51.5 Å². The molecule has 0 fully saturated rings. The van der Waals surface area contributed by atoms with E-state index in [1.807, 2.05) is 46.9 Å². The van der Waals surface area contributed by atoms with E-state index in [-0.39, 0.29) is 0 Å². The average molecular weight is 620 g/mol. The molecule has 0 aliphatic heterocycles. The van der Waals surface area contributed by atoms with Crippen LogP contribution in [0.4, 0.5) is 0 Å². The first-order valence-corrected chi connectivity index (χ1v) is 16.9. The van der Waals surface area contributed by atoms with Crippen molar-refractivity contribution in [2.45, 2.75) is 0 Å². The molecule has 9 rings (SSSR count). The SMILES string of the molecule is N#Cc1c(-c2ccccc2)cccc1-c1cc(-c2ccc3c(c2)sc2ccccc23)cc(-c2ccc3sc4ccccc4c3c2)c1. The highest BCUT2D eigenvalue weighted by Crippen LogP contribution is 2.42. The summed E-state index contributed by atoms with van der Waals surface area (Å²) in [5.41, 5.74) is 9.27. The quantitative estimate of drug-likeness (QED) is 0.192. The van der Waals surface area contributed by atoms with E-state index in [0.29, 0.717) is 5.56 Å². The summed E-state index contributed by atoms with van der Waals surface area (Å²) in [6.07, 6.45) is 0. The Morgan fingerprint density at radius 2 is 0.891 bits per heavy atom. The molecule has 0 spiro atoms. The summed E-state index contributed by atoms with van der Waals surface area (Å²) in [6.45, 7) is 0. The van der Waals surface area contributed by atoms with Crippen LogP contribution in [0.5, 0.6) is 0 Å². The lowest BCUT2D eigenvalue weighted by atomic mass is 9.88. The Bertz CT molecular complexity index is 2650. The van der Waals surface area contributed by atoms with Crippen molar-refractivity contribution < 1.29 is 0 Å². The van der Waals surface area contributed by atoms with Crippen LogP contribution in [0, 0.1) is 11.3 Å². The number of nitrogens with zero attached hydrogens (tertiary/aromatic N) is 1. The van der Waals surface area contributed by atoms with Gasteiger partial charge in [0.2, 0.25) is 0 Å². The molecule has 7 aromatic carbocycles. The maximum atomic E-state index is 10.5. The Morgan fingerprint density at radius 3 is 1.63 bits per heavy atom. The molecule has 0 amide bonds. The molecule has 0 bridgehead atoms. The van der Waals surface area contributed by atoms with Gasteiger partial charge in [0.15, 0.2) is 0 Å². The summed E-state index contributed by atoms with van der Waals surface area (Å²) in [5, 5.41) is 15.7. The Hall–Kier alpha value is -5.53. The van der Waals surface area contributed by atoms with E-state index in [4.69, 9.17) is 0 Å². The van der Waals surface area contributed by atoms with Gasteiger partial charge in [-0.3, -0.25) is 0 Å². The molecular weight excluding hydrogens is 595 g/mol. The number of nitriles is 1. The van der Waals surface area contributed by atoms with Gasteiger partial charge < -0.3 is 0 Å². The van der Waals surface area contributed by atoms with Gasteiger partial charge in [-0.2, -0.15) is 5.26 Å². The Morgan fingerprint density at radius 1 is 0.348 bits per heavy atom. The van der Waals surface area contributed by atoms with E-state index < -0.39 is 0 Å². The molecule has 0 N–H and O–H groups in total. The number of fused-ring (bicyclic) bond motifs is 6. The molecule has 2 aromatic heterocycles. The lowest BCUT2D eigenvalue weighted by molar-refractivity contribution is 1.47. The number of hydrogen-bond donors (Lipinski definition) is 0. The summed E-state index contributed by atoms with van der Waals surface area (Å²) < 4.78 is 5.17. The Kier molecular flexibility index (Phi) is 6.31. The molecule has 0 radical (unpaired) electrons. The fourth-order valence-electron chi connectivity index (χ4n) is 6.70. The topological polar surface area (TPSA) is 23.8 Å². The van der Waals surface area contributed by atoms with Crippen LogP contribution in [0.3, 0.4) is 0 Å². The van der Waals surface area contributed by atoms with E-state index >= 15 is 0 Å². The van der Waals surface area contributed by atoms with Crippen molar-refractivity contribution in [1.29, 1.82) is 5.26 Å². The van der Waals surface area contributed by atoms with E-state index in [9.17, 15) is 5.26 Å². The summed E-state index contributed by atoms with van der Waals surface area (Å²) in [7, 11) is 0. The molecule has 0 aliphatic carbocycles. The molecule has 1 nitrogen and oxygen atoms in total. The molecule has 0 aliphatic rings. The second-order valence-corrected chi connectivity index (χ2v) is 13.8. The van der Waals surface area contributed by atoms with Gasteiger partial charge in [0.25, 0.3) is 0 Å². The Labute approximate surface area is 274 Å². The van der Waals surface area contributed by atoms with Crippen molar-refractivity contribution >= 4 is 63.0 Å². The molecule has 2 heterocycles. The van der Waals surface area contributed by atoms with E-state index in [0.717, 1.165) is 33.4 Å². The third-order valence-corrected chi connectivity index (χ3v) is 11.2. The van der Waals surface area contributed by atoms with Crippen molar-refractivity contribution in [1.82, 2.24) is 0 Å². The van der Waals surface area contributed by atoms with Gasteiger partial charge >= 0.3 is 0 Å². The number of thiophene rings is 2. The fraction of sp³-hybridized carbons (Fsp3) is 0. The van der Waals surface area contributed by atoms with E-state index in [2.05, 4.69) is 133 Å². The molecule has 9 aromatic rings. The summed E-state index contributed by atoms with van der Waals surface area (Å²) in [5.74, 6) is 0. The van der Waals surface area contributed by atoms with Crippen molar-refractivity contribution in [3.05, 3.63) is 157 Å². The molecule has 46 heavy (non-hydrogen) atoms. The lowest BCUT2D eigenvalue weighted by Crippen LogP contribution is -1.92. The van der Waals surface area contributed by atoms with Crippen molar-refractivity contribution in [2.24, 2.45) is 0 Å². The first kappa shape index (κ1) is 26.8. The largest absolute Gasteiger partial charge is 0.192 e. The predicted octanol–water partition coefficient (Wildman–Crippen LogP) is 13.0. The highest BCUT2D eigenvalue weighted by Gasteiger charge is 2.16. The van der Waals surface area contributed by atoms with Crippen LogP contribution < -0.4 is 0 Å². The average Bonchev–Trinajstić information content (AvgIpc) is 3.69. The molecule has 0 atom stereocenters. The number of rotatable bonds is 4. The number of benzene rings is 7. The summed E-state index contributed by atoms with van der Waals surface area (Å²) >= 11 is 3.68. The van der Waals surface area contributed by atoms with Crippen LogP contribution in [-0.4, -0.2) is 0 Å². The van der Waals surface area contributed by atoms with Gasteiger partial charge in [-0.25, -0.2) is 0 Å². The standard InChI is InChI=1S/C43H25NS2/c44-26-39-33(27-9-2-1-3-10-27)13-8-14-34(39)32-22-30(28-18-20-42-38(24-28)36-12-5-7-16-41(36)45-42)21-31(23-32)29-17-19-37-35-11-4-6-15-40(35)46-43(37)25-29/h1-25H. The highest BCUT2D eigenvalue weighted by molar-refractivity contribution is 7.26. The zero-order chi connectivity index (χ0) is 30.6. The van der Waals surface area contributed by atoms with Gasteiger partial charge in [0.1, 0.15) is 6.07 Å². The zero-order valence-corrected chi connectivity index (χ0v) is 26.3. The summed E-state index contributed by atoms with van der Waals surface area (Å²) in [4.78, 5) is 0. The molecule has 214 valence electrons. The summed E-state index contributed by atoms with van der Waals surface area (Å²) in [6, 6.07) is 56.7. The van der Waals surface area contributed by atoms with Crippen LogP contribution >= 0.6 is 22.7 Å². The zero-order valence-electron chi connectivity index (χ0n) is 24.7. The third kappa shape index (κ3) is 4.43. The van der Waals surface area contributed by atoms with Crippen molar-refractivity contribution in [3.63, 3.8) is 0 Å². The third-order valence-electron chi connectivity index (χ3n) is 8.93. The molecule has 0 unspecified atom stereocenters. The first-order chi connectivity index (χ1) is 22.7. The van der Waals surface area contributed by atoms with E-state index in [1.165, 1.54) is 51.5 Å². The van der Waals surface area contributed by atoms with Crippen molar-refractivity contribution in [2.75, 3.05) is 0 Å².